The Kier molecular flexibility index (Phi) is 25.4. The number of likely N-dealkylation sites (tertiary alicyclic amines) is 1. The third-order valence-corrected chi connectivity index (χ3v) is 11.7. The number of carbonyl (C=O) groups is 1. The van der Waals surface area contributed by atoms with Gasteiger partial charge in [0.2, 0.25) is 0 Å². The molecule has 7 heteroatoms. The molecule has 1 heterocycles. The summed E-state index contributed by atoms with van der Waals surface area (Å²) in [6.45, 7) is 44.9. The van der Waals surface area contributed by atoms with Gasteiger partial charge in [0.15, 0.2) is 5.78 Å². The number of rotatable bonds is 22. The number of nitrogens with one attached hydrogen (secondary N) is 2. The van der Waals surface area contributed by atoms with E-state index in [9.17, 15) is 4.79 Å². The first kappa shape index (κ1) is 53.0. The molecular weight excluding hydrogens is 689 g/mol. The van der Waals surface area contributed by atoms with Crippen molar-refractivity contribution >= 4 is 5.78 Å². The zero-order chi connectivity index (χ0) is 43.3. The van der Waals surface area contributed by atoms with Gasteiger partial charge in [-0.25, -0.2) is 0 Å². The molecule has 322 valence electrons. The van der Waals surface area contributed by atoms with Gasteiger partial charge in [-0.3, -0.25) is 4.79 Å². The van der Waals surface area contributed by atoms with Crippen molar-refractivity contribution in [2.45, 2.75) is 159 Å². The van der Waals surface area contributed by atoms with E-state index in [2.05, 4.69) is 142 Å². The lowest BCUT2D eigenvalue weighted by molar-refractivity contribution is -0.119. The Morgan fingerprint density at radius 3 is 1.95 bits per heavy atom. The number of nitrogens with two attached hydrogens (primary N) is 2. The molecule has 0 saturated carbocycles. The van der Waals surface area contributed by atoms with Crippen molar-refractivity contribution in [3.05, 3.63) is 85.0 Å². The second-order valence-corrected chi connectivity index (χ2v) is 18.3. The van der Waals surface area contributed by atoms with E-state index < -0.39 is 0 Å². The molecule has 1 aromatic carbocycles. The summed E-state index contributed by atoms with van der Waals surface area (Å²) in [7, 11) is 4.11. The van der Waals surface area contributed by atoms with Gasteiger partial charge in [-0.15, -0.1) is 0 Å². The van der Waals surface area contributed by atoms with E-state index in [4.69, 9.17) is 18.0 Å². The van der Waals surface area contributed by atoms with Crippen LogP contribution in [0.2, 0.25) is 0 Å². The van der Waals surface area contributed by atoms with Crippen LogP contribution in [0.3, 0.4) is 0 Å². The second kappa shape index (κ2) is 26.8. The number of aryl methyl sites for hydroxylation is 1. The summed E-state index contributed by atoms with van der Waals surface area (Å²) in [5, 5.41) is 6.47. The van der Waals surface area contributed by atoms with Crippen LogP contribution in [0.5, 0.6) is 0 Å². The van der Waals surface area contributed by atoms with Crippen LogP contribution < -0.4 is 22.1 Å². The van der Waals surface area contributed by atoms with Gasteiger partial charge < -0.3 is 31.9 Å². The molecule has 0 aliphatic carbocycles. The molecule has 0 radical (unpaired) electrons. The number of carbonyl (C=O) groups excluding carboxylic acids is 1. The smallest absolute Gasteiger partial charge is 0.152 e. The molecular formula is C49H90N6O. The van der Waals surface area contributed by atoms with Crippen molar-refractivity contribution < 1.29 is 4.79 Å². The lowest BCUT2D eigenvalue weighted by Gasteiger charge is -2.43. The minimum absolute atomic E-state index is 0.0115. The zero-order valence-electron chi connectivity index (χ0n) is 38.9. The summed E-state index contributed by atoms with van der Waals surface area (Å²) in [6, 6.07) is 11.5. The fraction of sp³-hybridized carbons (Fsp3) is 0.694. The van der Waals surface area contributed by atoms with Crippen LogP contribution in [-0.4, -0.2) is 66.9 Å². The lowest BCUT2D eigenvalue weighted by atomic mass is 9.80. The molecule has 56 heavy (non-hydrogen) atoms. The number of allylic oxidation sites excluding steroid dienone is 2. The molecule has 8 unspecified atom stereocenters. The predicted molar refractivity (Wildman–Crippen MR) is 247 cm³/mol. The van der Waals surface area contributed by atoms with Crippen molar-refractivity contribution in [3.8, 4) is 0 Å². The molecule has 8 atom stereocenters. The normalized spacial score (nSPS) is 17.8. The maximum absolute atomic E-state index is 12.5. The average molecular weight is 779 g/mol. The highest BCUT2D eigenvalue weighted by Crippen LogP contribution is 2.38. The number of hydrogen-bond acceptors (Lipinski definition) is 7. The van der Waals surface area contributed by atoms with Crippen LogP contribution in [-0.2, 0) is 4.79 Å². The van der Waals surface area contributed by atoms with Gasteiger partial charge in [0, 0.05) is 73.4 Å². The number of ketones is 1. The van der Waals surface area contributed by atoms with E-state index in [0.29, 0.717) is 54.4 Å². The van der Waals surface area contributed by atoms with Crippen LogP contribution in [0.1, 0.15) is 133 Å². The molecule has 7 nitrogen and oxygen atoms in total. The highest BCUT2D eigenvalue weighted by molar-refractivity contribution is 5.81. The molecule has 1 fully saturated rings. The Labute approximate surface area is 347 Å². The minimum atomic E-state index is 0.0115. The molecule has 6 N–H and O–H groups in total. The summed E-state index contributed by atoms with van der Waals surface area (Å²) in [6.07, 6.45) is 8.13. The summed E-state index contributed by atoms with van der Waals surface area (Å²) in [4.78, 5) is 17.5. The van der Waals surface area contributed by atoms with Gasteiger partial charge in [0.05, 0.1) is 6.54 Å². The van der Waals surface area contributed by atoms with Gasteiger partial charge in [-0.2, -0.15) is 0 Å². The lowest BCUT2D eigenvalue weighted by Crippen LogP contribution is -2.44. The van der Waals surface area contributed by atoms with Crippen molar-refractivity contribution in [2.24, 2.45) is 46.5 Å². The Morgan fingerprint density at radius 2 is 1.55 bits per heavy atom. The first-order valence-corrected chi connectivity index (χ1v) is 21.7. The molecule has 1 aliphatic heterocycles. The predicted octanol–water partition coefficient (Wildman–Crippen LogP) is 10.4. The maximum atomic E-state index is 12.5. The molecule has 1 saturated heterocycles. The largest absolute Gasteiger partial charge is 0.401 e. The Hall–Kier alpha value is -3.03. The van der Waals surface area contributed by atoms with E-state index in [0.717, 1.165) is 50.0 Å². The van der Waals surface area contributed by atoms with Crippen molar-refractivity contribution in [3.63, 3.8) is 0 Å². The fourth-order valence-corrected chi connectivity index (χ4v) is 8.41. The topological polar surface area (TPSA) is 99.6 Å². The maximum Gasteiger partial charge on any atom is 0.152 e. The highest BCUT2D eigenvalue weighted by Gasteiger charge is 2.37. The van der Waals surface area contributed by atoms with Crippen molar-refractivity contribution in [1.29, 1.82) is 0 Å². The van der Waals surface area contributed by atoms with Crippen LogP contribution in [0, 0.1) is 41.9 Å². The molecule has 2 rings (SSSR count). The average Bonchev–Trinajstić information content (AvgIpc) is 3.60. The Morgan fingerprint density at radius 1 is 0.964 bits per heavy atom. The summed E-state index contributed by atoms with van der Waals surface area (Å²) in [5.41, 5.74) is 17.1. The van der Waals surface area contributed by atoms with Gasteiger partial charge in [-0.1, -0.05) is 151 Å². The Bertz CT molecular complexity index is 1300. The van der Waals surface area contributed by atoms with Gasteiger partial charge in [0.1, 0.15) is 0 Å². The third-order valence-electron chi connectivity index (χ3n) is 11.7. The van der Waals surface area contributed by atoms with Crippen LogP contribution >= 0.6 is 0 Å². The third kappa shape index (κ3) is 19.4. The van der Waals surface area contributed by atoms with E-state index >= 15 is 0 Å². The molecule has 1 aromatic rings. The monoisotopic (exact) mass is 779 g/mol. The quantitative estimate of drug-likeness (QED) is 0.0930. The summed E-state index contributed by atoms with van der Waals surface area (Å²) >= 11 is 0. The zero-order valence-corrected chi connectivity index (χ0v) is 38.9. The Balaban J connectivity index is 0.00000155. The standard InChI is InChI=1S/C35H66N4O.C7H16N2.C7H8/c1-14-24(4)34(38(13)26(6)20-25(5)36)30(15-2)21-27(7)39-19-17-18-33(39)32(16-3)28(8)29(9)37-23-31(40)22-35(10,11)12;1-5(2)7(9-4)6(3)8;1-7-5-3-2-4-6-7/h24-25,28,30,32-34,37H,6-7,9,14-23,36H2,1-5,8,10-13H3;5,7,9H,3,8H2,1-2,4H3;2-6H,1H3. The first-order valence-electron chi connectivity index (χ1n) is 21.7. The molecule has 0 bridgehead atoms. The van der Waals surface area contributed by atoms with Crippen molar-refractivity contribution in [1.82, 2.24) is 20.4 Å². The van der Waals surface area contributed by atoms with E-state index in [1.54, 1.807) is 0 Å². The molecule has 0 spiro atoms. The van der Waals surface area contributed by atoms with Crippen LogP contribution in [0.25, 0.3) is 0 Å². The van der Waals surface area contributed by atoms with Gasteiger partial charge in [-0.05, 0) is 75.2 Å². The number of benzene rings is 1. The molecule has 0 aromatic heterocycles. The first-order chi connectivity index (χ1) is 26.1. The van der Waals surface area contributed by atoms with E-state index in [-0.39, 0.29) is 29.2 Å². The number of Topliss-reactive ketones (excluding diaryl/α,β-unsaturated/α-hetero) is 1. The van der Waals surface area contributed by atoms with Crippen LogP contribution in [0.15, 0.2) is 79.4 Å². The summed E-state index contributed by atoms with van der Waals surface area (Å²) < 4.78 is 0. The minimum Gasteiger partial charge on any atom is -0.401 e. The second-order valence-electron chi connectivity index (χ2n) is 18.3. The van der Waals surface area contributed by atoms with Crippen molar-refractivity contribution in [2.75, 3.05) is 27.2 Å². The van der Waals surface area contributed by atoms with Gasteiger partial charge >= 0.3 is 0 Å². The van der Waals surface area contributed by atoms with Crippen LogP contribution in [0.4, 0.5) is 0 Å². The summed E-state index contributed by atoms with van der Waals surface area (Å²) in [5.74, 6) is 2.58. The molecule has 1 aliphatic rings. The number of nitrogens with zero attached hydrogens (tertiary/aromatic N) is 2. The van der Waals surface area contributed by atoms with E-state index in [1.807, 2.05) is 25.2 Å². The SMILES string of the molecule is C=C(N)C(NC)C(C)C.C=C(NCC(=O)CC(C)(C)C)C(C)C(CC)C1CCCN1C(=C)CC(CC)C(C(C)CC)N(C)C(=C)CC(C)N.Cc1ccccc1. The number of hydrogen-bond donors (Lipinski definition) is 4. The van der Waals surface area contributed by atoms with Gasteiger partial charge in [0.25, 0.3) is 0 Å². The number of likely N-dealkylation sites (N-methyl/N-ethyl adjacent to an activating group) is 1. The fourth-order valence-electron chi connectivity index (χ4n) is 8.41. The molecule has 0 amide bonds. The highest BCUT2D eigenvalue weighted by atomic mass is 16.1. The van der Waals surface area contributed by atoms with E-state index in [1.165, 1.54) is 24.1 Å².